The molecule has 2 nitrogen and oxygen atoms in total. The van der Waals surface area contributed by atoms with Gasteiger partial charge in [-0.3, -0.25) is 4.79 Å². The van der Waals surface area contributed by atoms with Crippen molar-refractivity contribution in [2.24, 2.45) is 11.8 Å². The van der Waals surface area contributed by atoms with Crippen LogP contribution in [0.15, 0.2) is 0 Å². The molecule has 0 radical (unpaired) electrons. The van der Waals surface area contributed by atoms with E-state index in [0.29, 0.717) is 0 Å². The fourth-order valence-electron chi connectivity index (χ4n) is 2.04. The third-order valence-corrected chi connectivity index (χ3v) is 2.77. The zero-order valence-electron chi connectivity index (χ0n) is 8.01. The van der Waals surface area contributed by atoms with Crippen molar-refractivity contribution in [3.05, 3.63) is 0 Å². The van der Waals surface area contributed by atoms with E-state index in [4.69, 9.17) is 0 Å². The van der Waals surface area contributed by atoms with Crippen LogP contribution in [0.5, 0.6) is 0 Å². The van der Waals surface area contributed by atoms with Gasteiger partial charge in [-0.25, -0.2) is 0 Å². The van der Waals surface area contributed by atoms with Crippen molar-refractivity contribution in [1.29, 1.82) is 0 Å². The van der Waals surface area contributed by atoms with Gasteiger partial charge in [-0.15, -0.1) is 0 Å². The second-order valence-electron chi connectivity index (χ2n) is 3.81. The van der Waals surface area contributed by atoms with Crippen LogP contribution in [0.4, 0.5) is 0 Å². The maximum Gasteiger partial charge on any atom is 0.308 e. The normalized spacial score (nSPS) is 20.8. The lowest BCUT2D eigenvalue weighted by atomic mass is 9.95. The van der Waals surface area contributed by atoms with Crippen LogP contribution < -0.4 is 0 Å². The number of rotatable bonds is 3. The van der Waals surface area contributed by atoms with Gasteiger partial charge in [0.05, 0.1) is 13.0 Å². The summed E-state index contributed by atoms with van der Waals surface area (Å²) in [7, 11) is 1.47. The maximum atomic E-state index is 11.1. The van der Waals surface area contributed by atoms with E-state index in [1.54, 1.807) is 0 Å². The molecule has 12 heavy (non-hydrogen) atoms. The fraction of sp³-hybridized carbons (Fsp3) is 0.900. The number of methoxy groups -OCH3 is 1. The molecule has 1 atom stereocenters. The van der Waals surface area contributed by atoms with E-state index < -0.39 is 0 Å². The molecular weight excluding hydrogens is 152 g/mol. The van der Waals surface area contributed by atoms with E-state index >= 15 is 0 Å². The van der Waals surface area contributed by atoms with Crippen molar-refractivity contribution in [2.75, 3.05) is 7.11 Å². The van der Waals surface area contributed by atoms with Gasteiger partial charge in [0.1, 0.15) is 0 Å². The molecule has 1 unspecified atom stereocenters. The molecule has 2 heteroatoms. The Morgan fingerprint density at radius 2 is 2.08 bits per heavy atom. The van der Waals surface area contributed by atoms with Gasteiger partial charge in [-0.2, -0.15) is 0 Å². The standard InChI is InChI=1S/C10H18O2/c1-8(10(11)12-2)7-9-5-3-4-6-9/h8-9H,3-7H2,1-2H3. The molecule has 0 saturated heterocycles. The molecule has 1 saturated carbocycles. The van der Waals surface area contributed by atoms with E-state index in [9.17, 15) is 4.79 Å². The highest BCUT2D eigenvalue weighted by Crippen LogP contribution is 2.30. The van der Waals surface area contributed by atoms with Crippen molar-refractivity contribution in [2.45, 2.75) is 39.0 Å². The van der Waals surface area contributed by atoms with Gasteiger partial charge in [0.25, 0.3) is 0 Å². The first kappa shape index (κ1) is 9.56. The molecule has 0 aromatic carbocycles. The van der Waals surface area contributed by atoms with E-state index in [0.717, 1.165) is 12.3 Å². The lowest BCUT2D eigenvalue weighted by Crippen LogP contribution is -2.15. The van der Waals surface area contributed by atoms with Crippen LogP contribution in [0, 0.1) is 11.8 Å². The van der Waals surface area contributed by atoms with Crippen LogP contribution in [0.1, 0.15) is 39.0 Å². The molecule has 0 aromatic heterocycles. The highest BCUT2D eigenvalue weighted by atomic mass is 16.5. The summed E-state index contributed by atoms with van der Waals surface area (Å²) in [6.45, 7) is 1.96. The lowest BCUT2D eigenvalue weighted by molar-refractivity contribution is -0.145. The van der Waals surface area contributed by atoms with Crippen molar-refractivity contribution >= 4 is 5.97 Å². The summed E-state index contributed by atoms with van der Waals surface area (Å²) >= 11 is 0. The topological polar surface area (TPSA) is 26.3 Å². The minimum atomic E-state index is -0.0538. The van der Waals surface area contributed by atoms with Crippen LogP contribution in [0.25, 0.3) is 0 Å². The minimum Gasteiger partial charge on any atom is -0.469 e. The molecule has 0 bridgehead atoms. The van der Waals surface area contributed by atoms with Gasteiger partial charge < -0.3 is 4.74 Å². The van der Waals surface area contributed by atoms with Crippen LogP contribution >= 0.6 is 0 Å². The van der Waals surface area contributed by atoms with E-state index in [1.807, 2.05) is 6.92 Å². The first-order valence-electron chi connectivity index (χ1n) is 4.82. The third-order valence-electron chi connectivity index (χ3n) is 2.77. The smallest absolute Gasteiger partial charge is 0.308 e. The third kappa shape index (κ3) is 2.50. The van der Waals surface area contributed by atoms with Gasteiger partial charge in [-0.05, 0) is 12.3 Å². The number of ether oxygens (including phenoxy) is 1. The summed E-state index contributed by atoms with van der Waals surface area (Å²) in [4.78, 5) is 11.1. The predicted octanol–water partition coefficient (Wildman–Crippen LogP) is 2.38. The quantitative estimate of drug-likeness (QED) is 0.608. The zero-order valence-corrected chi connectivity index (χ0v) is 8.01. The van der Waals surface area contributed by atoms with Gasteiger partial charge in [0.15, 0.2) is 0 Å². The molecular formula is C10H18O2. The van der Waals surface area contributed by atoms with Crippen LogP contribution in [-0.2, 0) is 9.53 Å². The molecule has 70 valence electrons. The van der Waals surface area contributed by atoms with E-state index in [-0.39, 0.29) is 11.9 Å². The molecule has 1 rings (SSSR count). The maximum absolute atomic E-state index is 11.1. The Kier molecular flexibility index (Phi) is 3.57. The Labute approximate surface area is 74.3 Å². The zero-order chi connectivity index (χ0) is 8.97. The molecule has 1 fully saturated rings. The molecule has 0 amide bonds. The fourth-order valence-corrected chi connectivity index (χ4v) is 2.04. The molecule has 0 aromatic rings. The summed E-state index contributed by atoms with van der Waals surface area (Å²) in [5.74, 6) is 0.819. The van der Waals surface area contributed by atoms with Gasteiger partial charge in [0.2, 0.25) is 0 Å². The Hall–Kier alpha value is -0.530. The summed E-state index contributed by atoms with van der Waals surface area (Å²) < 4.78 is 4.68. The number of hydrogen-bond donors (Lipinski definition) is 0. The first-order valence-corrected chi connectivity index (χ1v) is 4.82. The SMILES string of the molecule is COC(=O)C(C)CC1CCCC1. The molecule has 1 aliphatic rings. The van der Waals surface area contributed by atoms with Crippen molar-refractivity contribution in [1.82, 2.24) is 0 Å². The molecule has 1 aliphatic carbocycles. The van der Waals surface area contributed by atoms with Gasteiger partial charge in [-0.1, -0.05) is 32.6 Å². The van der Waals surface area contributed by atoms with Gasteiger partial charge in [0, 0.05) is 0 Å². The average Bonchev–Trinajstić information content (AvgIpc) is 2.55. The first-order chi connectivity index (χ1) is 5.74. The second kappa shape index (κ2) is 4.48. The van der Waals surface area contributed by atoms with Crippen molar-refractivity contribution in [3.63, 3.8) is 0 Å². The van der Waals surface area contributed by atoms with Crippen molar-refractivity contribution < 1.29 is 9.53 Å². The van der Waals surface area contributed by atoms with E-state index in [2.05, 4.69) is 4.74 Å². The average molecular weight is 170 g/mol. The largest absolute Gasteiger partial charge is 0.469 e. The Bertz CT molecular complexity index is 148. The second-order valence-corrected chi connectivity index (χ2v) is 3.81. The van der Waals surface area contributed by atoms with Crippen LogP contribution in [0.2, 0.25) is 0 Å². The molecule has 0 N–H and O–H groups in total. The number of carbonyl (C=O) groups is 1. The minimum absolute atomic E-state index is 0.0538. The summed E-state index contributed by atoms with van der Waals surface area (Å²) in [5, 5.41) is 0. The summed E-state index contributed by atoms with van der Waals surface area (Å²) in [6.07, 6.45) is 6.33. The molecule has 0 heterocycles. The van der Waals surface area contributed by atoms with E-state index in [1.165, 1.54) is 32.8 Å². The molecule has 0 spiro atoms. The van der Waals surface area contributed by atoms with Crippen LogP contribution in [0.3, 0.4) is 0 Å². The highest BCUT2D eigenvalue weighted by Gasteiger charge is 2.21. The Morgan fingerprint density at radius 3 is 2.58 bits per heavy atom. The van der Waals surface area contributed by atoms with Crippen molar-refractivity contribution in [3.8, 4) is 0 Å². The van der Waals surface area contributed by atoms with Crippen LogP contribution in [-0.4, -0.2) is 13.1 Å². The monoisotopic (exact) mass is 170 g/mol. The van der Waals surface area contributed by atoms with Gasteiger partial charge >= 0.3 is 5.97 Å². The Morgan fingerprint density at radius 1 is 1.50 bits per heavy atom. The predicted molar refractivity (Wildman–Crippen MR) is 47.8 cm³/mol. The molecule has 0 aliphatic heterocycles. The number of hydrogen-bond acceptors (Lipinski definition) is 2. The number of esters is 1. The summed E-state index contributed by atoms with van der Waals surface area (Å²) in [6, 6.07) is 0. The summed E-state index contributed by atoms with van der Waals surface area (Å²) in [5.41, 5.74) is 0. The lowest BCUT2D eigenvalue weighted by Gasteiger charge is -2.13. The number of carbonyl (C=O) groups excluding carboxylic acids is 1. The highest BCUT2D eigenvalue weighted by molar-refractivity contribution is 5.71. The Balaban J connectivity index is 2.24.